The first-order chi connectivity index (χ1) is 12.7. The molecule has 27 heavy (non-hydrogen) atoms. The van der Waals surface area contributed by atoms with Crippen molar-refractivity contribution < 1.29 is 31.6 Å². The molecule has 0 aromatic heterocycles. The van der Waals surface area contributed by atoms with Crippen LogP contribution in [-0.2, 0) is 24.3 Å². The quantitative estimate of drug-likeness (QED) is 0.319. The highest BCUT2D eigenvalue weighted by Crippen LogP contribution is 2.30. The number of hydrogen-bond donors (Lipinski definition) is 4. The van der Waals surface area contributed by atoms with Crippen LogP contribution in [0, 0.1) is 5.92 Å². The number of urea groups is 1. The molecule has 3 aliphatic heterocycles. The summed E-state index contributed by atoms with van der Waals surface area (Å²) >= 11 is 0. The number of carbonyl (C=O) groups is 3. The van der Waals surface area contributed by atoms with Crippen LogP contribution in [0.4, 0.5) is 4.79 Å². The zero-order valence-electron chi connectivity index (χ0n) is 14.6. The molecule has 1 unspecified atom stereocenters. The first-order valence-corrected chi connectivity index (χ1v) is 10.2. The molecule has 3 saturated heterocycles. The Bertz CT molecular complexity index is 709. The highest BCUT2D eigenvalue weighted by atomic mass is 32.3. The molecule has 0 saturated carbocycles. The lowest BCUT2D eigenvalue weighted by Gasteiger charge is -2.29. The molecule has 0 aromatic carbocycles. The van der Waals surface area contributed by atoms with Gasteiger partial charge in [0, 0.05) is 13.0 Å². The summed E-state index contributed by atoms with van der Waals surface area (Å²) in [5.74, 6) is -0.655. The molecule has 0 radical (unpaired) electrons. The van der Waals surface area contributed by atoms with Gasteiger partial charge in [0.1, 0.15) is 6.04 Å². The van der Waals surface area contributed by atoms with Gasteiger partial charge in [-0.2, -0.15) is 13.5 Å². The maximum absolute atomic E-state index is 12.4. The van der Waals surface area contributed by atoms with Crippen molar-refractivity contribution in [3.8, 4) is 0 Å². The van der Waals surface area contributed by atoms with Crippen LogP contribution in [0.3, 0.4) is 0 Å². The second-order valence-electron chi connectivity index (χ2n) is 6.96. The Labute approximate surface area is 156 Å². The van der Waals surface area contributed by atoms with Gasteiger partial charge in [-0.3, -0.25) is 25.0 Å². The van der Waals surface area contributed by atoms with Crippen molar-refractivity contribution in [2.75, 3.05) is 19.6 Å². The van der Waals surface area contributed by atoms with Crippen molar-refractivity contribution in [1.29, 1.82) is 0 Å². The fourth-order valence-electron chi connectivity index (χ4n) is 3.73. The highest BCUT2D eigenvalue weighted by molar-refractivity contribution is 7.80. The Kier molecular flexibility index (Phi) is 5.83. The summed E-state index contributed by atoms with van der Waals surface area (Å²) in [4.78, 5) is 37.8. The van der Waals surface area contributed by atoms with E-state index in [2.05, 4.69) is 20.5 Å². The van der Waals surface area contributed by atoms with Gasteiger partial charge in [-0.15, -0.1) is 4.28 Å². The van der Waals surface area contributed by atoms with Crippen molar-refractivity contribution in [2.45, 2.75) is 44.2 Å². The number of amides is 4. The Morgan fingerprint density at radius 3 is 2.70 bits per heavy atom. The third-order valence-corrected chi connectivity index (χ3v) is 5.35. The molecule has 2 bridgehead atoms. The maximum Gasteiger partial charge on any atom is 0.418 e. The van der Waals surface area contributed by atoms with Gasteiger partial charge in [-0.1, -0.05) is 0 Å². The van der Waals surface area contributed by atoms with Gasteiger partial charge in [0.15, 0.2) is 0 Å². The minimum absolute atomic E-state index is 0.0914. The molecule has 3 fully saturated rings. The SMILES string of the molecule is O=C(CC1CCCNC1)NNC(=O)[C@@H]1CC[C@@H]2CN1C(=O)N2OS(=O)(=O)O. The average molecular weight is 405 g/mol. The number of piperidine rings is 2. The van der Waals surface area contributed by atoms with Gasteiger partial charge in [0.25, 0.3) is 5.91 Å². The van der Waals surface area contributed by atoms with Crippen molar-refractivity contribution in [3.63, 3.8) is 0 Å². The van der Waals surface area contributed by atoms with Crippen LogP contribution in [-0.4, -0.2) is 72.5 Å². The molecular formula is C14H23N5O7S. The third kappa shape index (κ3) is 4.86. The van der Waals surface area contributed by atoms with E-state index in [1.54, 1.807) is 0 Å². The van der Waals surface area contributed by atoms with Crippen molar-refractivity contribution in [3.05, 3.63) is 0 Å². The van der Waals surface area contributed by atoms with Crippen LogP contribution in [0.1, 0.15) is 32.1 Å². The summed E-state index contributed by atoms with van der Waals surface area (Å²) in [5, 5.41) is 3.78. The van der Waals surface area contributed by atoms with Gasteiger partial charge in [0.2, 0.25) is 5.91 Å². The number of fused-ring (bicyclic) bond motifs is 2. The number of hydroxylamine groups is 2. The van der Waals surface area contributed by atoms with E-state index in [4.69, 9.17) is 4.55 Å². The number of hydrogen-bond acceptors (Lipinski definition) is 7. The van der Waals surface area contributed by atoms with Crippen LogP contribution < -0.4 is 16.2 Å². The van der Waals surface area contributed by atoms with E-state index in [1.807, 2.05) is 0 Å². The Morgan fingerprint density at radius 1 is 1.26 bits per heavy atom. The molecule has 4 N–H and O–H groups in total. The molecule has 3 aliphatic rings. The van der Waals surface area contributed by atoms with Gasteiger partial charge in [-0.25, -0.2) is 4.79 Å². The molecule has 3 rings (SSSR count). The van der Waals surface area contributed by atoms with E-state index in [9.17, 15) is 22.8 Å². The topological polar surface area (TPSA) is 157 Å². The summed E-state index contributed by atoms with van der Waals surface area (Å²) in [6, 6.07) is -2.26. The normalized spacial score (nSPS) is 28.2. The minimum atomic E-state index is -4.84. The van der Waals surface area contributed by atoms with E-state index < -0.39 is 34.4 Å². The first kappa shape index (κ1) is 19.8. The second kappa shape index (κ2) is 7.96. The van der Waals surface area contributed by atoms with Crippen LogP contribution in [0.25, 0.3) is 0 Å². The number of rotatable bonds is 5. The zero-order chi connectivity index (χ0) is 19.6. The molecule has 0 spiro atoms. The fraction of sp³-hybridized carbons (Fsp3) is 0.786. The molecule has 4 amide bonds. The van der Waals surface area contributed by atoms with Crippen LogP contribution in [0.5, 0.6) is 0 Å². The zero-order valence-corrected chi connectivity index (χ0v) is 15.4. The van der Waals surface area contributed by atoms with E-state index >= 15 is 0 Å². The van der Waals surface area contributed by atoms with E-state index in [0.717, 1.165) is 30.8 Å². The summed E-state index contributed by atoms with van der Waals surface area (Å²) in [5.41, 5.74) is 4.69. The average Bonchev–Trinajstić information content (AvgIpc) is 2.84. The second-order valence-corrected chi connectivity index (χ2v) is 7.97. The Morgan fingerprint density at radius 2 is 2.04 bits per heavy atom. The Hall–Kier alpha value is -1.96. The monoisotopic (exact) mass is 405 g/mol. The first-order valence-electron chi connectivity index (χ1n) is 8.81. The summed E-state index contributed by atoms with van der Waals surface area (Å²) in [7, 11) is -4.84. The van der Waals surface area contributed by atoms with E-state index in [0.29, 0.717) is 17.9 Å². The van der Waals surface area contributed by atoms with Crippen molar-refractivity contribution in [2.24, 2.45) is 5.92 Å². The summed E-state index contributed by atoms with van der Waals surface area (Å²) in [6.45, 7) is 1.80. The van der Waals surface area contributed by atoms with Gasteiger partial charge in [0.05, 0.1) is 6.04 Å². The predicted molar refractivity (Wildman–Crippen MR) is 89.9 cm³/mol. The van der Waals surface area contributed by atoms with E-state index in [1.165, 1.54) is 0 Å². The molecule has 0 aromatic rings. The number of nitrogens with one attached hydrogen (secondary N) is 3. The summed E-state index contributed by atoms with van der Waals surface area (Å²) < 4.78 is 34.8. The van der Waals surface area contributed by atoms with E-state index in [-0.39, 0.29) is 24.8 Å². The Balaban J connectivity index is 1.50. The number of nitrogens with zero attached hydrogens (tertiary/aromatic N) is 2. The molecular weight excluding hydrogens is 382 g/mol. The van der Waals surface area contributed by atoms with Crippen molar-refractivity contribution >= 4 is 28.2 Å². The lowest BCUT2D eigenvalue weighted by atomic mass is 9.96. The standard InChI is InChI=1S/C14H23N5O7S/c20-12(6-9-2-1-5-15-7-9)16-17-13(21)11-4-3-10-8-18(11)14(22)19(10)26-27(23,24)25/h9-11,15H,1-8H2,(H,16,20)(H,17,21)(H,23,24,25)/t9?,10-,11+/m1/s1. The molecule has 13 heteroatoms. The number of hydrazine groups is 1. The van der Waals surface area contributed by atoms with Crippen LogP contribution >= 0.6 is 0 Å². The third-order valence-electron chi connectivity index (χ3n) is 5.00. The van der Waals surface area contributed by atoms with Gasteiger partial charge < -0.3 is 10.2 Å². The van der Waals surface area contributed by atoms with Gasteiger partial charge >= 0.3 is 16.4 Å². The van der Waals surface area contributed by atoms with Gasteiger partial charge in [-0.05, 0) is 44.7 Å². The lowest BCUT2D eigenvalue weighted by Crippen LogP contribution is -2.54. The van der Waals surface area contributed by atoms with Crippen molar-refractivity contribution in [1.82, 2.24) is 26.1 Å². The lowest BCUT2D eigenvalue weighted by molar-refractivity contribution is -0.132. The smallest absolute Gasteiger partial charge is 0.316 e. The largest absolute Gasteiger partial charge is 0.418 e. The number of carbonyl (C=O) groups excluding carboxylic acids is 3. The van der Waals surface area contributed by atoms with Crippen LogP contribution in [0.2, 0.25) is 0 Å². The molecule has 12 nitrogen and oxygen atoms in total. The molecule has 3 heterocycles. The fourth-order valence-corrected chi connectivity index (χ4v) is 4.12. The van der Waals surface area contributed by atoms with Crippen LogP contribution in [0.15, 0.2) is 0 Å². The highest BCUT2D eigenvalue weighted by Gasteiger charge is 2.49. The molecule has 3 atom stereocenters. The minimum Gasteiger partial charge on any atom is -0.316 e. The maximum atomic E-state index is 12.4. The molecule has 152 valence electrons. The molecule has 0 aliphatic carbocycles. The summed E-state index contributed by atoms with van der Waals surface area (Å²) in [6.07, 6.45) is 2.84. The predicted octanol–water partition coefficient (Wildman–Crippen LogP) is -1.47.